The molecule has 2 heterocycles. The molecule has 1 aromatic carbocycles. The van der Waals surface area contributed by atoms with Crippen LogP contribution >= 0.6 is 0 Å². The maximum absolute atomic E-state index is 4.49. The minimum Gasteiger partial charge on any atom is -0.310 e. The predicted octanol–water partition coefficient (Wildman–Crippen LogP) is 1.84. The van der Waals surface area contributed by atoms with Crippen molar-refractivity contribution in [1.82, 2.24) is 25.2 Å². The molecule has 1 aromatic heterocycles. The Morgan fingerprint density at radius 1 is 1.05 bits per heavy atom. The fraction of sp³-hybridized carbons (Fsp3) is 0.500. The quantitative estimate of drug-likeness (QED) is 0.823. The smallest absolute Gasteiger partial charge is 0.0969 e. The first kappa shape index (κ1) is 14.2. The van der Waals surface area contributed by atoms with E-state index in [0.717, 1.165) is 31.0 Å². The number of likely N-dealkylation sites (tertiary alicyclic amines) is 1. The van der Waals surface area contributed by atoms with Crippen molar-refractivity contribution in [2.75, 3.05) is 26.2 Å². The van der Waals surface area contributed by atoms with Gasteiger partial charge < -0.3 is 10.2 Å². The van der Waals surface area contributed by atoms with Gasteiger partial charge in [-0.3, -0.25) is 0 Å². The molecule has 1 saturated heterocycles. The van der Waals surface area contributed by atoms with Gasteiger partial charge in [0.2, 0.25) is 0 Å². The van der Waals surface area contributed by atoms with Crippen molar-refractivity contribution >= 4 is 0 Å². The Morgan fingerprint density at radius 3 is 2.67 bits per heavy atom. The number of aromatic nitrogens is 3. The molecular formula is C16H23N5. The van der Waals surface area contributed by atoms with Gasteiger partial charge in [0.05, 0.1) is 17.6 Å². The first-order valence-electron chi connectivity index (χ1n) is 7.81. The minimum atomic E-state index is 0.778. The van der Waals surface area contributed by atoms with Crippen molar-refractivity contribution in [2.24, 2.45) is 0 Å². The number of nitrogens with one attached hydrogen (secondary N) is 1. The van der Waals surface area contributed by atoms with Crippen molar-refractivity contribution < 1.29 is 0 Å². The summed E-state index contributed by atoms with van der Waals surface area (Å²) in [7, 11) is 0. The summed E-state index contributed by atoms with van der Waals surface area (Å²) >= 11 is 0. The lowest BCUT2D eigenvalue weighted by Gasteiger charge is -2.26. The molecule has 5 nitrogen and oxygen atoms in total. The Hall–Kier alpha value is -1.72. The van der Waals surface area contributed by atoms with E-state index in [1.54, 1.807) is 4.80 Å². The van der Waals surface area contributed by atoms with E-state index in [0.29, 0.717) is 0 Å². The molecule has 5 heteroatoms. The SMILES string of the molecule is c1ccc(-n2ncc(CNCCN3CCCCC3)n2)cc1. The fourth-order valence-electron chi connectivity index (χ4n) is 2.70. The molecule has 0 radical (unpaired) electrons. The molecule has 112 valence electrons. The number of nitrogens with zero attached hydrogens (tertiary/aromatic N) is 4. The Morgan fingerprint density at radius 2 is 1.86 bits per heavy atom. The molecule has 0 unspecified atom stereocenters. The van der Waals surface area contributed by atoms with E-state index in [-0.39, 0.29) is 0 Å². The van der Waals surface area contributed by atoms with Crippen molar-refractivity contribution in [3.05, 3.63) is 42.2 Å². The van der Waals surface area contributed by atoms with Gasteiger partial charge in [0, 0.05) is 19.6 Å². The maximum Gasteiger partial charge on any atom is 0.0969 e. The van der Waals surface area contributed by atoms with Gasteiger partial charge in [-0.05, 0) is 38.1 Å². The van der Waals surface area contributed by atoms with Crippen LogP contribution in [-0.2, 0) is 6.54 Å². The van der Waals surface area contributed by atoms with Crippen molar-refractivity contribution in [3.63, 3.8) is 0 Å². The molecule has 0 amide bonds. The van der Waals surface area contributed by atoms with Gasteiger partial charge in [-0.15, -0.1) is 0 Å². The second kappa shape index (κ2) is 7.33. The summed E-state index contributed by atoms with van der Waals surface area (Å²) in [6.07, 6.45) is 5.93. The van der Waals surface area contributed by atoms with Crippen LogP contribution in [0.3, 0.4) is 0 Å². The van der Waals surface area contributed by atoms with Crippen LogP contribution in [0.4, 0.5) is 0 Å². The number of hydrogen-bond donors (Lipinski definition) is 1. The molecule has 1 fully saturated rings. The fourth-order valence-corrected chi connectivity index (χ4v) is 2.70. The normalized spacial score (nSPS) is 16.2. The summed E-state index contributed by atoms with van der Waals surface area (Å²) in [6, 6.07) is 10.0. The number of hydrogen-bond acceptors (Lipinski definition) is 4. The zero-order chi connectivity index (χ0) is 14.3. The molecule has 0 aliphatic carbocycles. The second-order valence-corrected chi connectivity index (χ2v) is 5.54. The topological polar surface area (TPSA) is 46.0 Å². The zero-order valence-corrected chi connectivity index (χ0v) is 12.4. The highest BCUT2D eigenvalue weighted by Gasteiger charge is 2.09. The van der Waals surface area contributed by atoms with Crippen LogP contribution in [0, 0.1) is 0 Å². The zero-order valence-electron chi connectivity index (χ0n) is 12.4. The summed E-state index contributed by atoms with van der Waals surface area (Å²) in [4.78, 5) is 4.22. The van der Waals surface area contributed by atoms with E-state index in [9.17, 15) is 0 Å². The Bertz CT molecular complexity index is 531. The average molecular weight is 285 g/mol. The molecule has 2 aromatic rings. The number of para-hydroxylation sites is 1. The Kier molecular flexibility index (Phi) is 4.97. The molecule has 21 heavy (non-hydrogen) atoms. The molecule has 1 aliphatic rings. The highest BCUT2D eigenvalue weighted by atomic mass is 15.5. The highest BCUT2D eigenvalue weighted by Crippen LogP contribution is 2.07. The van der Waals surface area contributed by atoms with E-state index >= 15 is 0 Å². The Labute approximate surface area is 126 Å². The highest BCUT2D eigenvalue weighted by molar-refractivity contribution is 5.28. The first-order valence-corrected chi connectivity index (χ1v) is 7.81. The van der Waals surface area contributed by atoms with E-state index in [2.05, 4.69) is 20.4 Å². The average Bonchev–Trinajstić information content (AvgIpc) is 3.02. The van der Waals surface area contributed by atoms with Gasteiger partial charge in [0.15, 0.2) is 0 Å². The van der Waals surface area contributed by atoms with Crippen LogP contribution in [0.25, 0.3) is 5.69 Å². The third kappa shape index (κ3) is 4.12. The molecule has 0 bridgehead atoms. The summed E-state index contributed by atoms with van der Waals surface area (Å²) < 4.78 is 0. The van der Waals surface area contributed by atoms with Crippen molar-refractivity contribution in [2.45, 2.75) is 25.8 Å². The standard InChI is InChI=1S/C16H23N5/c1-3-7-16(8-4-1)21-18-14-15(19-21)13-17-9-12-20-10-5-2-6-11-20/h1,3-4,7-8,14,17H,2,5-6,9-13H2. The van der Waals surface area contributed by atoms with Gasteiger partial charge in [-0.25, -0.2) is 0 Å². The lowest BCUT2D eigenvalue weighted by atomic mass is 10.1. The van der Waals surface area contributed by atoms with Crippen LogP contribution in [-0.4, -0.2) is 46.1 Å². The lowest BCUT2D eigenvalue weighted by molar-refractivity contribution is 0.229. The summed E-state index contributed by atoms with van der Waals surface area (Å²) in [5.74, 6) is 0. The van der Waals surface area contributed by atoms with Gasteiger partial charge in [0.25, 0.3) is 0 Å². The molecule has 1 N–H and O–H groups in total. The van der Waals surface area contributed by atoms with E-state index in [4.69, 9.17) is 0 Å². The molecule has 0 saturated carbocycles. The number of rotatable bonds is 6. The van der Waals surface area contributed by atoms with Crippen LogP contribution in [0.1, 0.15) is 25.0 Å². The summed E-state index contributed by atoms with van der Waals surface area (Å²) in [5.41, 5.74) is 1.98. The predicted molar refractivity (Wildman–Crippen MR) is 83.4 cm³/mol. The molecule has 3 rings (SSSR count). The third-order valence-corrected chi connectivity index (χ3v) is 3.89. The monoisotopic (exact) mass is 285 g/mol. The molecule has 1 aliphatic heterocycles. The first-order chi connectivity index (χ1) is 10.4. The summed E-state index contributed by atoms with van der Waals surface area (Å²) in [6.45, 7) is 5.43. The largest absolute Gasteiger partial charge is 0.310 e. The molecule has 0 spiro atoms. The van der Waals surface area contributed by atoms with Crippen molar-refractivity contribution in [3.8, 4) is 5.69 Å². The van der Waals surface area contributed by atoms with Gasteiger partial charge >= 0.3 is 0 Å². The van der Waals surface area contributed by atoms with Gasteiger partial charge in [-0.2, -0.15) is 15.0 Å². The van der Waals surface area contributed by atoms with Gasteiger partial charge in [-0.1, -0.05) is 24.6 Å². The van der Waals surface area contributed by atoms with Gasteiger partial charge in [0.1, 0.15) is 0 Å². The third-order valence-electron chi connectivity index (χ3n) is 3.89. The van der Waals surface area contributed by atoms with E-state index in [1.807, 2.05) is 36.5 Å². The van der Waals surface area contributed by atoms with Crippen LogP contribution < -0.4 is 5.32 Å². The van der Waals surface area contributed by atoms with Crippen LogP contribution in [0.15, 0.2) is 36.5 Å². The molecule has 0 atom stereocenters. The van der Waals surface area contributed by atoms with Crippen LogP contribution in [0.2, 0.25) is 0 Å². The van der Waals surface area contributed by atoms with Crippen LogP contribution in [0.5, 0.6) is 0 Å². The number of benzene rings is 1. The van der Waals surface area contributed by atoms with E-state index < -0.39 is 0 Å². The second-order valence-electron chi connectivity index (χ2n) is 5.54. The van der Waals surface area contributed by atoms with E-state index in [1.165, 1.54) is 32.4 Å². The number of piperidine rings is 1. The summed E-state index contributed by atoms with van der Waals surface area (Å²) in [5, 5.41) is 12.3. The minimum absolute atomic E-state index is 0.778. The maximum atomic E-state index is 4.49. The lowest BCUT2D eigenvalue weighted by Crippen LogP contribution is -2.35. The van der Waals surface area contributed by atoms with Crippen molar-refractivity contribution in [1.29, 1.82) is 0 Å². The Balaban J connectivity index is 1.42. The molecular weight excluding hydrogens is 262 g/mol.